The third-order valence-electron chi connectivity index (χ3n) is 7.06. The predicted octanol–water partition coefficient (Wildman–Crippen LogP) is 5.99. The molecule has 7 nitrogen and oxygen atoms in total. The van der Waals surface area contributed by atoms with E-state index in [0.717, 1.165) is 41.5 Å². The molecule has 0 heterocycles. The molecule has 0 spiro atoms. The molecule has 0 saturated carbocycles. The van der Waals surface area contributed by atoms with Gasteiger partial charge in [-0.25, -0.2) is 0 Å². The van der Waals surface area contributed by atoms with Crippen molar-refractivity contribution in [3.05, 3.63) is 45.6 Å². The van der Waals surface area contributed by atoms with E-state index in [-0.39, 0.29) is 23.1 Å². The van der Waals surface area contributed by atoms with Crippen molar-refractivity contribution in [2.24, 2.45) is 0 Å². The molecular weight excluding hydrogens is 470 g/mol. The fourth-order valence-corrected chi connectivity index (χ4v) is 5.13. The molecule has 0 bridgehead atoms. The molecule has 2 aromatic carbocycles. The number of hydrogen-bond donors (Lipinski definition) is 1. The quantitative estimate of drug-likeness (QED) is 0.333. The van der Waals surface area contributed by atoms with Crippen LogP contribution in [0.1, 0.15) is 81.9 Å². The molecule has 0 saturated heterocycles. The molecule has 0 aromatic heterocycles. The summed E-state index contributed by atoms with van der Waals surface area (Å²) in [6.45, 7) is 2.21. The van der Waals surface area contributed by atoms with E-state index in [9.17, 15) is 9.59 Å². The standard InChI is InChI=1S/C30H41NO6/c1-6-7-8-9-10-11-12-13-27(33)31-23-16-14-20-18-26(35-3)29(36-4)30(37-5)28(20)21-15-17-25(34-2)24(32)19-22(21)23/h15,17-19,23H,6-14,16H2,1-5H3,(H,31,33)/t23-/m0/s1. The maximum Gasteiger partial charge on any atom is 0.220 e. The van der Waals surface area contributed by atoms with Gasteiger partial charge in [-0.1, -0.05) is 51.5 Å². The van der Waals surface area contributed by atoms with Gasteiger partial charge >= 0.3 is 0 Å². The van der Waals surface area contributed by atoms with Gasteiger partial charge in [0.1, 0.15) is 0 Å². The minimum absolute atomic E-state index is 0.00325. The van der Waals surface area contributed by atoms with Crippen LogP contribution in [-0.4, -0.2) is 34.3 Å². The molecule has 1 atom stereocenters. The zero-order valence-corrected chi connectivity index (χ0v) is 22.9. The van der Waals surface area contributed by atoms with Gasteiger partial charge in [0.25, 0.3) is 0 Å². The number of aryl methyl sites for hydroxylation is 1. The molecule has 37 heavy (non-hydrogen) atoms. The lowest BCUT2D eigenvalue weighted by atomic mass is 9.95. The normalized spacial score (nSPS) is 14.1. The Balaban J connectivity index is 1.95. The van der Waals surface area contributed by atoms with Crippen molar-refractivity contribution in [3.63, 3.8) is 0 Å². The van der Waals surface area contributed by atoms with Crippen LogP contribution in [0.15, 0.2) is 29.1 Å². The van der Waals surface area contributed by atoms with Crippen LogP contribution in [0, 0.1) is 0 Å². The Bertz CT molecular complexity index is 1130. The molecule has 7 heteroatoms. The van der Waals surface area contributed by atoms with Gasteiger partial charge in [0.15, 0.2) is 17.2 Å². The second-order valence-electron chi connectivity index (χ2n) is 9.49. The number of nitrogens with one attached hydrogen (secondary N) is 1. The highest BCUT2D eigenvalue weighted by Gasteiger charge is 2.29. The number of carbonyl (C=O) groups is 1. The Hall–Kier alpha value is -3.22. The van der Waals surface area contributed by atoms with E-state index in [4.69, 9.17) is 18.9 Å². The summed E-state index contributed by atoms with van der Waals surface area (Å²) in [6.07, 6.45) is 9.84. The van der Waals surface area contributed by atoms with Gasteiger partial charge in [0.05, 0.1) is 34.5 Å². The largest absolute Gasteiger partial charge is 0.493 e. The van der Waals surface area contributed by atoms with Crippen molar-refractivity contribution in [2.75, 3.05) is 28.4 Å². The molecule has 2 aromatic rings. The van der Waals surface area contributed by atoms with Crippen LogP contribution >= 0.6 is 0 Å². The second-order valence-corrected chi connectivity index (χ2v) is 9.49. The van der Waals surface area contributed by atoms with Crippen LogP contribution in [-0.2, 0) is 11.2 Å². The van der Waals surface area contributed by atoms with Gasteiger partial charge in [-0.15, -0.1) is 0 Å². The molecular formula is C30H41NO6. The summed E-state index contributed by atoms with van der Waals surface area (Å²) >= 11 is 0. The van der Waals surface area contributed by atoms with Crippen LogP contribution in [0.4, 0.5) is 0 Å². The highest BCUT2D eigenvalue weighted by atomic mass is 16.5. The fraction of sp³-hybridized carbons (Fsp3) is 0.533. The third-order valence-corrected chi connectivity index (χ3v) is 7.06. The van der Waals surface area contributed by atoms with Crippen molar-refractivity contribution in [2.45, 2.75) is 77.2 Å². The number of methoxy groups -OCH3 is 4. The van der Waals surface area contributed by atoms with Crippen molar-refractivity contribution in [1.82, 2.24) is 5.32 Å². The number of hydrogen-bond acceptors (Lipinski definition) is 6. The predicted molar refractivity (Wildman–Crippen MR) is 146 cm³/mol. The Morgan fingerprint density at radius 3 is 2.19 bits per heavy atom. The van der Waals surface area contributed by atoms with Crippen molar-refractivity contribution in [3.8, 4) is 34.1 Å². The van der Waals surface area contributed by atoms with E-state index in [1.807, 2.05) is 12.1 Å². The Kier molecular flexibility index (Phi) is 10.7. The first-order valence-corrected chi connectivity index (χ1v) is 13.3. The van der Waals surface area contributed by atoms with Crippen LogP contribution in [0.3, 0.4) is 0 Å². The minimum Gasteiger partial charge on any atom is -0.493 e. The van der Waals surface area contributed by atoms with E-state index in [0.29, 0.717) is 36.5 Å². The summed E-state index contributed by atoms with van der Waals surface area (Å²) in [4.78, 5) is 25.9. The third kappa shape index (κ3) is 6.76. The lowest BCUT2D eigenvalue weighted by molar-refractivity contribution is -0.122. The molecule has 1 aliphatic carbocycles. The van der Waals surface area contributed by atoms with Crippen LogP contribution < -0.4 is 29.7 Å². The average molecular weight is 512 g/mol. The molecule has 3 rings (SSSR count). The first-order chi connectivity index (χ1) is 18.0. The molecule has 0 aliphatic heterocycles. The summed E-state index contributed by atoms with van der Waals surface area (Å²) in [5.41, 5.74) is 3.13. The first kappa shape index (κ1) is 28.4. The van der Waals surface area contributed by atoms with Crippen LogP contribution in [0.2, 0.25) is 0 Å². The lowest BCUT2D eigenvalue weighted by Gasteiger charge is -2.20. The van der Waals surface area contributed by atoms with Crippen LogP contribution in [0.25, 0.3) is 11.1 Å². The number of unbranched alkanes of at least 4 members (excludes halogenated alkanes) is 6. The van der Waals surface area contributed by atoms with Gasteiger partial charge in [-0.05, 0) is 54.2 Å². The number of rotatable bonds is 13. The maximum atomic E-state index is 13.0. The van der Waals surface area contributed by atoms with Crippen molar-refractivity contribution >= 4 is 5.91 Å². The topological polar surface area (TPSA) is 83.1 Å². The molecule has 0 unspecified atom stereocenters. The van der Waals surface area contributed by atoms with Crippen LogP contribution in [0.5, 0.6) is 23.0 Å². The van der Waals surface area contributed by atoms with Gasteiger partial charge in [-0.2, -0.15) is 0 Å². The number of amides is 1. The van der Waals surface area contributed by atoms with E-state index in [2.05, 4.69) is 12.2 Å². The highest BCUT2D eigenvalue weighted by Crippen LogP contribution is 2.50. The van der Waals surface area contributed by atoms with Gasteiger partial charge in [0, 0.05) is 12.0 Å². The van der Waals surface area contributed by atoms with Crippen molar-refractivity contribution < 1.29 is 23.7 Å². The summed E-state index contributed by atoms with van der Waals surface area (Å²) in [5, 5.41) is 3.21. The SMILES string of the molecule is CCCCCCCCCC(=O)N[C@H]1CCc2cc(OC)c(OC)c(OC)c2-c2ccc(OC)c(=O)cc21. The summed E-state index contributed by atoms with van der Waals surface area (Å²) in [6, 6.07) is 6.74. The molecule has 1 aliphatic rings. The number of ether oxygens (including phenoxy) is 4. The van der Waals surface area contributed by atoms with Gasteiger partial charge in [-0.3, -0.25) is 9.59 Å². The number of fused-ring (bicyclic) bond motifs is 3. The lowest BCUT2D eigenvalue weighted by Crippen LogP contribution is -2.28. The van der Waals surface area contributed by atoms with E-state index < -0.39 is 0 Å². The summed E-state index contributed by atoms with van der Waals surface area (Å²) in [7, 11) is 6.23. The molecule has 0 fully saturated rings. The average Bonchev–Trinajstić information content (AvgIpc) is 3.15. The van der Waals surface area contributed by atoms with E-state index in [1.165, 1.54) is 32.8 Å². The second kappa shape index (κ2) is 13.9. The molecule has 0 radical (unpaired) electrons. The zero-order chi connectivity index (χ0) is 26.8. The van der Waals surface area contributed by atoms with Crippen molar-refractivity contribution in [1.29, 1.82) is 0 Å². The molecule has 1 N–H and O–H groups in total. The van der Waals surface area contributed by atoms with Gasteiger partial charge in [0.2, 0.25) is 17.1 Å². The highest BCUT2D eigenvalue weighted by molar-refractivity contribution is 5.83. The summed E-state index contributed by atoms with van der Waals surface area (Å²) < 4.78 is 22.4. The molecule has 1 amide bonds. The Labute approximate surface area is 220 Å². The van der Waals surface area contributed by atoms with E-state index >= 15 is 0 Å². The first-order valence-electron chi connectivity index (χ1n) is 13.3. The fourth-order valence-electron chi connectivity index (χ4n) is 5.13. The number of carbonyl (C=O) groups excluding carboxylic acids is 1. The summed E-state index contributed by atoms with van der Waals surface area (Å²) in [5.74, 6) is 1.83. The number of benzene rings is 1. The smallest absolute Gasteiger partial charge is 0.220 e. The molecule has 202 valence electrons. The maximum absolute atomic E-state index is 13.0. The Morgan fingerprint density at radius 2 is 1.54 bits per heavy atom. The Morgan fingerprint density at radius 1 is 0.865 bits per heavy atom. The minimum atomic E-state index is -0.328. The van der Waals surface area contributed by atoms with E-state index in [1.54, 1.807) is 33.5 Å². The monoisotopic (exact) mass is 511 g/mol. The van der Waals surface area contributed by atoms with Gasteiger partial charge < -0.3 is 24.3 Å². The zero-order valence-electron chi connectivity index (χ0n) is 22.9.